The number of rotatable bonds is 7. The Labute approximate surface area is 230 Å². The molecule has 1 unspecified atom stereocenters. The molecule has 2 N–H and O–H groups in total. The van der Waals surface area contributed by atoms with E-state index in [-0.39, 0.29) is 16.9 Å². The summed E-state index contributed by atoms with van der Waals surface area (Å²) in [5.74, 6) is -0.812. The van der Waals surface area contributed by atoms with E-state index in [1.165, 1.54) is 6.07 Å². The average Bonchev–Trinajstić information content (AvgIpc) is 3.72. The molecule has 0 aromatic heterocycles. The molecule has 37 heavy (non-hydrogen) atoms. The fourth-order valence-corrected chi connectivity index (χ4v) is 6.07. The summed E-state index contributed by atoms with van der Waals surface area (Å²) in [7, 11) is 0. The molecule has 2 saturated carbocycles. The van der Waals surface area contributed by atoms with E-state index in [1.807, 2.05) is 12.1 Å². The zero-order valence-corrected chi connectivity index (χ0v) is 23.4. The molecule has 2 aromatic carbocycles. The smallest absolute Gasteiger partial charge is 0.251 e. The minimum atomic E-state index is -1.76. The lowest BCUT2D eigenvalue weighted by Crippen LogP contribution is -2.52. The SMILES string of the molecule is C[C@@H]1CN(Cc2cc(F)c(C(N)=O)cc2C2CC2)CCN1[C@H](C)c1cc(Cl)cc(Cl)c1.O=S([O-])C1CC1. The van der Waals surface area contributed by atoms with Crippen LogP contribution in [-0.4, -0.2) is 55.4 Å². The van der Waals surface area contributed by atoms with Gasteiger partial charge in [-0.15, -0.1) is 0 Å². The summed E-state index contributed by atoms with van der Waals surface area (Å²) in [6.07, 6.45) is 3.94. The van der Waals surface area contributed by atoms with Gasteiger partial charge in [-0.25, -0.2) is 4.39 Å². The largest absolute Gasteiger partial charge is 0.772 e. The first-order valence-electron chi connectivity index (χ1n) is 12.7. The molecule has 1 amide bonds. The van der Waals surface area contributed by atoms with Gasteiger partial charge in [0.15, 0.2) is 0 Å². The number of halogens is 3. The van der Waals surface area contributed by atoms with Crippen LogP contribution in [0.4, 0.5) is 4.39 Å². The van der Waals surface area contributed by atoms with E-state index in [0.29, 0.717) is 28.5 Å². The highest BCUT2D eigenvalue weighted by Crippen LogP contribution is 2.43. The summed E-state index contributed by atoms with van der Waals surface area (Å²) in [6.45, 7) is 7.73. The molecule has 5 rings (SSSR count). The highest BCUT2D eigenvalue weighted by Gasteiger charge is 2.31. The van der Waals surface area contributed by atoms with Crippen molar-refractivity contribution in [2.45, 2.75) is 69.3 Å². The molecule has 6 nitrogen and oxygen atoms in total. The molecule has 0 bridgehead atoms. The van der Waals surface area contributed by atoms with Crippen LogP contribution in [0.5, 0.6) is 0 Å². The van der Waals surface area contributed by atoms with Crippen molar-refractivity contribution < 1.29 is 17.9 Å². The second kappa shape index (κ2) is 12.1. The number of nitrogens with two attached hydrogens (primary N) is 1. The van der Waals surface area contributed by atoms with Gasteiger partial charge >= 0.3 is 0 Å². The van der Waals surface area contributed by atoms with E-state index in [0.717, 1.165) is 62.0 Å². The predicted molar refractivity (Wildman–Crippen MR) is 145 cm³/mol. The lowest BCUT2D eigenvalue weighted by Gasteiger charge is -2.43. The van der Waals surface area contributed by atoms with Crippen LogP contribution < -0.4 is 5.73 Å². The van der Waals surface area contributed by atoms with E-state index in [4.69, 9.17) is 28.9 Å². The normalized spacial score (nSPS) is 22.2. The Morgan fingerprint density at radius 1 is 1.14 bits per heavy atom. The minimum Gasteiger partial charge on any atom is -0.772 e. The Balaban J connectivity index is 0.000000469. The number of hydrogen-bond donors (Lipinski definition) is 1. The van der Waals surface area contributed by atoms with Crippen molar-refractivity contribution in [3.63, 3.8) is 0 Å². The van der Waals surface area contributed by atoms with Crippen molar-refractivity contribution in [1.29, 1.82) is 0 Å². The number of benzene rings is 2. The third-order valence-electron chi connectivity index (χ3n) is 7.33. The second-order valence-corrected chi connectivity index (χ2v) is 12.4. The van der Waals surface area contributed by atoms with Gasteiger partial charge in [0.05, 0.1) is 5.56 Å². The van der Waals surface area contributed by atoms with Gasteiger partial charge in [-0.3, -0.25) is 18.8 Å². The number of amides is 1. The van der Waals surface area contributed by atoms with Gasteiger partial charge in [-0.05, 0) is 92.5 Å². The van der Waals surface area contributed by atoms with E-state index >= 15 is 0 Å². The molecular formula is C27H33Cl2FN3O3S-. The van der Waals surface area contributed by atoms with Crippen LogP contribution >= 0.6 is 23.2 Å². The predicted octanol–water partition coefficient (Wildman–Crippen LogP) is 5.40. The standard InChI is InChI=1S/C24H28Cl2FN3O.C3H6O2S/c1-14-12-29(5-6-30(14)15(2)17-7-19(25)10-20(26)8-17)13-18-9-23(27)22(24(28)31)11-21(18)16-3-4-16;4-6(5)3-1-2-3/h7-11,14-16H,3-6,12-13H2,1-2H3,(H2,28,31);3H,1-2H2,(H,4,5)/p-1/t14-,15-;/m1./s1. The molecular weight excluding hydrogens is 536 g/mol. The molecule has 2 aliphatic carbocycles. The van der Waals surface area contributed by atoms with Gasteiger partial charge in [-0.1, -0.05) is 34.3 Å². The van der Waals surface area contributed by atoms with Crippen molar-refractivity contribution in [2.24, 2.45) is 5.73 Å². The number of carbonyl (C=O) groups excluding carboxylic acids is 1. The summed E-state index contributed by atoms with van der Waals surface area (Å²) in [5, 5.41) is 1.31. The van der Waals surface area contributed by atoms with Crippen LogP contribution in [0.2, 0.25) is 10.0 Å². The van der Waals surface area contributed by atoms with Gasteiger partial charge in [0.1, 0.15) is 5.82 Å². The Morgan fingerprint density at radius 2 is 1.78 bits per heavy atom. The number of hydrogen-bond acceptors (Lipinski definition) is 5. The molecule has 0 spiro atoms. The maximum Gasteiger partial charge on any atom is 0.251 e. The van der Waals surface area contributed by atoms with Gasteiger partial charge < -0.3 is 10.3 Å². The Hall–Kier alpha value is -1.55. The molecule has 1 aliphatic heterocycles. The Morgan fingerprint density at radius 3 is 2.27 bits per heavy atom. The number of nitrogens with zero attached hydrogens (tertiary/aromatic N) is 2. The lowest BCUT2D eigenvalue weighted by molar-refractivity contribution is 0.0503. The average molecular weight is 570 g/mol. The second-order valence-electron chi connectivity index (χ2n) is 10.3. The first-order valence-corrected chi connectivity index (χ1v) is 14.6. The summed E-state index contributed by atoms with van der Waals surface area (Å²) in [5.41, 5.74) is 8.51. The fraction of sp³-hybridized carbons (Fsp3) is 0.519. The molecule has 0 radical (unpaired) electrons. The van der Waals surface area contributed by atoms with E-state index in [2.05, 4.69) is 23.6 Å². The highest BCUT2D eigenvalue weighted by atomic mass is 35.5. The van der Waals surface area contributed by atoms with Crippen LogP contribution in [0, 0.1) is 5.82 Å². The van der Waals surface area contributed by atoms with E-state index < -0.39 is 22.8 Å². The third-order valence-corrected chi connectivity index (χ3v) is 8.78. The zero-order valence-electron chi connectivity index (χ0n) is 21.1. The summed E-state index contributed by atoms with van der Waals surface area (Å²) >= 11 is 10.6. The van der Waals surface area contributed by atoms with Gasteiger partial charge in [0, 0.05) is 53.6 Å². The monoisotopic (exact) mass is 568 g/mol. The van der Waals surface area contributed by atoms with Crippen LogP contribution in [0.1, 0.15) is 78.5 Å². The molecule has 202 valence electrons. The van der Waals surface area contributed by atoms with Crippen molar-refractivity contribution in [2.75, 3.05) is 19.6 Å². The van der Waals surface area contributed by atoms with E-state index in [9.17, 15) is 17.9 Å². The van der Waals surface area contributed by atoms with Crippen molar-refractivity contribution in [3.8, 4) is 0 Å². The highest BCUT2D eigenvalue weighted by molar-refractivity contribution is 7.80. The van der Waals surface area contributed by atoms with Crippen LogP contribution in [0.15, 0.2) is 30.3 Å². The van der Waals surface area contributed by atoms with Crippen molar-refractivity contribution in [1.82, 2.24) is 9.80 Å². The van der Waals surface area contributed by atoms with E-state index in [1.54, 1.807) is 12.1 Å². The number of primary amides is 1. The molecule has 3 atom stereocenters. The molecule has 10 heteroatoms. The first kappa shape index (κ1) is 28.5. The molecule has 1 heterocycles. The zero-order chi connectivity index (χ0) is 26.9. The van der Waals surface area contributed by atoms with Gasteiger partial charge in [0.25, 0.3) is 5.91 Å². The quantitative estimate of drug-likeness (QED) is 0.451. The van der Waals surface area contributed by atoms with Crippen molar-refractivity contribution in [3.05, 3.63) is 68.4 Å². The topological polar surface area (TPSA) is 89.7 Å². The van der Waals surface area contributed by atoms with Crippen LogP contribution in [0.3, 0.4) is 0 Å². The van der Waals surface area contributed by atoms with Gasteiger partial charge in [0.2, 0.25) is 0 Å². The van der Waals surface area contributed by atoms with Crippen molar-refractivity contribution >= 4 is 40.2 Å². The maximum atomic E-state index is 14.5. The first-order chi connectivity index (χ1) is 17.5. The molecule has 1 saturated heterocycles. The lowest BCUT2D eigenvalue weighted by atomic mass is 9.98. The number of piperazine rings is 1. The molecule has 3 aliphatic rings. The number of carbonyl (C=O) groups is 1. The summed E-state index contributed by atoms with van der Waals surface area (Å²) < 4.78 is 34.0. The Kier molecular flexibility index (Phi) is 9.30. The van der Waals surface area contributed by atoms with Crippen LogP contribution in [0.25, 0.3) is 0 Å². The van der Waals surface area contributed by atoms with Gasteiger partial charge in [-0.2, -0.15) is 0 Å². The molecule has 3 fully saturated rings. The summed E-state index contributed by atoms with van der Waals surface area (Å²) in [6, 6.07) is 9.41. The Bertz CT molecular complexity index is 1160. The minimum absolute atomic E-state index is 0.00200. The maximum absolute atomic E-state index is 14.5. The fourth-order valence-electron chi connectivity index (χ4n) is 5.01. The summed E-state index contributed by atoms with van der Waals surface area (Å²) in [4.78, 5) is 16.4. The third kappa shape index (κ3) is 7.52. The van der Waals surface area contributed by atoms with Crippen LogP contribution in [-0.2, 0) is 17.6 Å². The molecule has 2 aromatic rings.